The number of nitrogens with two attached hydrogens (primary N) is 1. The molecule has 2 aromatic rings. The van der Waals surface area contributed by atoms with Crippen LogP contribution in [0.2, 0.25) is 0 Å². The zero-order valence-corrected chi connectivity index (χ0v) is 13.6. The van der Waals surface area contributed by atoms with Crippen molar-refractivity contribution < 1.29 is 14.3 Å². The number of benzene rings is 1. The molecule has 0 spiro atoms. The van der Waals surface area contributed by atoms with Gasteiger partial charge in [-0.3, -0.25) is 4.79 Å². The molecule has 1 aromatic heterocycles. The fourth-order valence-corrected chi connectivity index (χ4v) is 2.07. The lowest BCUT2D eigenvalue weighted by atomic mass is 10.1. The molecule has 0 saturated heterocycles. The number of carbonyl (C=O) groups excluding carboxylic acids is 2. The summed E-state index contributed by atoms with van der Waals surface area (Å²) in [5.41, 5.74) is 7.58. The molecule has 0 aliphatic carbocycles. The van der Waals surface area contributed by atoms with Crippen LogP contribution in [-0.4, -0.2) is 42.8 Å². The Bertz CT molecular complexity index is 646. The minimum Gasteiger partial charge on any atom is -0.384 e. The van der Waals surface area contributed by atoms with Crippen LogP contribution >= 0.6 is 0 Å². The number of hydrogen-bond acceptors (Lipinski definition) is 5. The zero-order chi connectivity index (χ0) is 17.2. The van der Waals surface area contributed by atoms with E-state index in [1.54, 1.807) is 18.0 Å². The predicted octanol–water partition coefficient (Wildman–Crippen LogP) is 2.02. The molecule has 6 heteroatoms. The van der Waals surface area contributed by atoms with E-state index < -0.39 is 0 Å². The number of hydrogen-bond donors (Lipinski definition) is 1. The van der Waals surface area contributed by atoms with E-state index in [0.29, 0.717) is 19.0 Å². The lowest BCUT2D eigenvalue weighted by molar-refractivity contribution is -0.135. The first-order valence-corrected chi connectivity index (χ1v) is 7.36. The van der Waals surface area contributed by atoms with Crippen molar-refractivity contribution in [3.05, 3.63) is 35.9 Å². The van der Waals surface area contributed by atoms with Crippen molar-refractivity contribution >= 4 is 29.4 Å². The number of fused-ring (bicyclic) bond motifs is 1. The summed E-state index contributed by atoms with van der Waals surface area (Å²) in [5, 5.41) is 1.02. The van der Waals surface area contributed by atoms with Gasteiger partial charge in [-0.2, -0.15) is 0 Å². The van der Waals surface area contributed by atoms with Gasteiger partial charge in [0.25, 0.3) is 0 Å². The van der Waals surface area contributed by atoms with Gasteiger partial charge in [-0.1, -0.05) is 13.0 Å². The quantitative estimate of drug-likeness (QED) is 0.824. The summed E-state index contributed by atoms with van der Waals surface area (Å²) in [5.74, 6) is 0.495. The number of likely N-dealkylation sites (N-methyl/N-ethyl adjacent to an activating group) is 1. The van der Waals surface area contributed by atoms with Crippen molar-refractivity contribution in [3.8, 4) is 0 Å². The van der Waals surface area contributed by atoms with Crippen LogP contribution in [0.15, 0.2) is 30.3 Å². The first-order valence-electron chi connectivity index (χ1n) is 7.36. The standard InChI is InChI=1S/C16H21N3O2.CH2O/c1-3-8-21-11-16(20)19(2)10-12-4-6-14-13(9-12)5-7-15(17)18-14;1-2/h4-7,9H,3,8,10-11H2,1-2H3,(H2,17,18);1H2. The third-order valence-corrected chi connectivity index (χ3v) is 3.19. The van der Waals surface area contributed by atoms with Crippen LogP contribution in [0.1, 0.15) is 18.9 Å². The van der Waals surface area contributed by atoms with Crippen LogP contribution in [0.5, 0.6) is 0 Å². The van der Waals surface area contributed by atoms with Crippen LogP contribution in [0, 0.1) is 0 Å². The molecule has 0 unspecified atom stereocenters. The number of nitrogens with zero attached hydrogens (tertiary/aromatic N) is 2. The number of amides is 1. The molecule has 1 amide bonds. The molecule has 1 heterocycles. The summed E-state index contributed by atoms with van der Waals surface area (Å²) in [6, 6.07) is 9.63. The van der Waals surface area contributed by atoms with Gasteiger partial charge in [0.2, 0.25) is 5.91 Å². The van der Waals surface area contributed by atoms with Crippen molar-refractivity contribution in [2.75, 3.05) is 26.0 Å². The summed E-state index contributed by atoms with van der Waals surface area (Å²) in [4.78, 5) is 25.8. The number of carbonyl (C=O) groups is 2. The first kappa shape index (κ1) is 18.6. The average Bonchev–Trinajstić information content (AvgIpc) is 2.57. The second-order valence-corrected chi connectivity index (χ2v) is 5.07. The monoisotopic (exact) mass is 317 g/mol. The Morgan fingerprint density at radius 2 is 2.04 bits per heavy atom. The van der Waals surface area contributed by atoms with E-state index in [2.05, 4.69) is 4.98 Å². The molecule has 6 nitrogen and oxygen atoms in total. The fraction of sp³-hybridized carbons (Fsp3) is 0.353. The molecule has 0 aliphatic rings. The predicted molar refractivity (Wildman–Crippen MR) is 90.9 cm³/mol. The maximum atomic E-state index is 11.9. The van der Waals surface area contributed by atoms with Crippen molar-refractivity contribution in [1.29, 1.82) is 0 Å². The highest BCUT2D eigenvalue weighted by Crippen LogP contribution is 2.16. The molecule has 0 atom stereocenters. The second kappa shape index (κ2) is 9.53. The normalized spacial score (nSPS) is 10.0. The molecular weight excluding hydrogens is 294 g/mol. The molecule has 0 aliphatic heterocycles. The van der Waals surface area contributed by atoms with Gasteiger partial charge in [0.1, 0.15) is 19.2 Å². The Morgan fingerprint density at radius 1 is 1.30 bits per heavy atom. The van der Waals surface area contributed by atoms with Crippen LogP contribution in [0.3, 0.4) is 0 Å². The summed E-state index contributed by atoms with van der Waals surface area (Å²) >= 11 is 0. The van der Waals surface area contributed by atoms with Gasteiger partial charge in [0.05, 0.1) is 5.52 Å². The third kappa shape index (κ3) is 5.67. The maximum absolute atomic E-state index is 11.9. The molecule has 0 saturated carbocycles. The van der Waals surface area contributed by atoms with Crippen LogP contribution in [-0.2, 0) is 20.9 Å². The Hall–Kier alpha value is -2.47. The minimum absolute atomic E-state index is 0.0148. The summed E-state index contributed by atoms with van der Waals surface area (Å²) < 4.78 is 5.27. The van der Waals surface area contributed by atoms with E-state index in [4.69, 9.17) is 15.3 Å². The smallest absolute Gasteiger partial charge is 0.248 e. The number of rotatable bonds is 6. The Labute approximate surface area is 136 Å². The molecule has 23 heavy (non-hydrogen) atoms. The molecule has 2 rings (SSSR count). The van der Waals surface area contributed by atoms with Crippen LogP contribution in [0.4, 0.5) is 5.82 Å². The summed E-state index contributed by atoms with van der Waals surface area (Å²) in [6.07, 6.45) is 0.914. The summed E-state index contributed by atoms with van der Waals surface area (Å²) in [7, 11) is 1.78. The van der Waals surface area contributed by atoms with Crippen molar-refractivity contribution in [1.82, 2.24) is 9.88 Å². The van der Waals surface area contributed by atoms with Gasteiger partial charge < -0.3 is 20.2 Å². The summed E-state index contributed by atoms with van der Waals surface area (Å²) in [6.45, 7) is 5.32. The Morgan fingerprint density at radius 3 is 2.74 bits per heavy atom. The molecule has 2 N–H and O–H groups in total. The Balaban J connectivity index is 0.00000127. The van der Waals surface area contributed by atoms with E-state index in [0.717, 1.165) is 22.9 Å². The highest BCUT2D eigenvalue weighted by Gasteiger charge is 2.09. The van der Waals surface area contributed by atoms with Crippen molar-refractivity contribution in [3.63, 3.8) is 0 Å². The largest absolute Gasteiger partial charge is 0.384 e. The average molecular weight is 317 g/mol. The van der Waals surface area contributed by atoms with E-state index in [9.17, 15) is 4.79 Å². The lowest BCUT2D eigenvalue weighted by Crippen LogP contribution is -2.29. The van der Waals surface area contributed by atoms with Crippen molar-refractivity contribution in [2.45, 2.75) is 19.9 Å². The second-order valence-electron chi connectivity index (χ2n) is 5.07. The zero-order valence-electron chi connectivity index (χ0n) is 13.6. The van der Waals surface area contributed by atoms with Gasteiger partial charge in [-0.25, -0.2) is 4.98 Å². The highest BCUT2D eigenvalue weighted by atomic mass is 16.5. The van der Waals surface area contributed by atoms with E-state index in [1.807, 2.05) is 38.0 Å². The SMILES string of the molecule is C=O.CCCOCC(=O)N(C)Cc1ccc2nc(N)ccc2c1. The number of aromatic nitrogens is 1. The van der Waals surface area contributed by atoms with Crippen LogP contribution in [0.25, 0.3) is 10.9 Å². The molecule has 124 valence electrons. The molecule has 1 aromatic carbocycles. The minimum atomic E-state index is -0.0148. The number of anilines is 1. The van der Waals surface area contributed by atoms with E-state index >= 15 is 0 Å². The van der Waals surface area contributed by atoms with Gasteiger partial charge in [-0.05, 0) is 36.2 Å². The number of ether oxygens (including phenoxy) is 1. The number of pyridine rings is 1. The number of nitrogen functional groups attached to an aromatic ring is 1. The topological polar surface area (TPSA) is 85.5 Å². The molecule has 0 fully saturated rings. The van der Waals surface area contributed by atoms with Gasteiger partial charge in [0, 0.05) is 25.6 Å². The molecular formula is C17H23N3O3. The highest BCUT2D eigenvalue weighted by molar-refractivity contribution is 5.81. The van der Waals surface area contributed by atoms with Gasteiger partial charge in [-0.15, -0.1) is 0 Å². The fourth-order valence-electron chi connectivity index (χ4n) is 2.07. The van der Waals surface area contributed by atoms with E-state index in [1.165, 1.54) is 0 Å². The van der Waals surface area contributed by atoms with Crippen molar-refractivity contribution in [2.24, 2.45) is 0 Å². The lowest BCUT2D eigenvalue weighted by Gasteiger charge is -2.17. The van der Waals surface area contributed by atoms with Gasteiger partial charge in [0.15, 0.2) is 0 Å². The maximum Gasteiger partial charge on any atom is 0.248 e. The Kier molecular flexibility index (Phi) is 7.70. The molecule has 0 bridgehead atoms. The van der Waals surface area contributed by atoms with E-state index in [-0.39, 0.29) is 12.5 Å². The molecule has 0 radical (unpaired) electrons. The first-order chi connectivity index (χ1) is 11.1. The van der Waals surface area contributed by atoms with Crippen LogP contribution < -0.4 is 5.73 Å². The van der Waals surface area contributed by atoms with Gasteiger partial charge >= 0.3 is 0 Å². The third-order valence-electron chi connectivity index (χ3n) is 3.19.